The Kier molecular flexibility index (Phi) is 13.2. The number of nitrogens with zero attached hydrogens (tertiary/aromatic N) is 2. The number of nitrogens with one attached hydrogen (secondary N) is 1. The van der Waals surface area contributed by atoms with Gasteiger partial charge < -0.3 is 20.1 Å². The Morgan fingerprint density at radius 1 is 1.17 bits per heavy atom. The number of carboxylic acid groups (broad SMARTS) is 1. The van der Waals surface area contributed by atoms with E-state index >= 15 is 0 Å². The van der Waals surface area contributed by atoms with E-state index in [1.807, 2.05) is 13.8 Å². The molecule has 35 heavy (non-hydrogen) atoms. The SMILES string of the molecule is CC(C)OCCCN(CCC(=O)N1CCNCC1)S(=O)(=O)c1ccc(Br)cc1.O=C(O)C(F)(F)F. The van der Waals surface area contributed by atoms with Crippen molar-refractivity contribution in [2.45, 2.75) is 43.9 Å². The first kappa shape index (κ1) is 31.3. The maximum atomic E-state index is 13.1. The molecule has 1 saturated heterocycles. The molecule has 0 saturated carbocycles. The number of rotatable bonds is 10. The van der Waals surface area contributed by atoms with Gasteiger partial charge in [-0.2, -0.15) is 17.5 Å². The highest BCUT2D eigenvalue weighted by Gasteiger charge is 2.38. The summed E-state index contributed by atoms with van der Waals surface area (Å²) in [6.45, 7) is 7.75. The lowest BCUT2D eigenvalue weighted by molar-refractivity contribution is -0.192. The van der Waals surface area contributed by atoms with E-state index in [4.69, 9.17) is 14.6 Å². The zero-order chi connectivity index (χ0) is 26.6. The van der Waals surface area contributed by atoms with Crippen molar-refractivity contribution in [3.8, 4) is 0 Å². The molecule has 0 radical (unpaired) electrons. The van der Waals surface area contributed by atoms with Gasteiger partial charge in [0, 0.05) is 56.8 Å². The lowest BCUT2D eigenvalue weighted by Crippen LogP contribution is -2.47. The number of alkyl halides is 3. The van der Waals surface area contributed by atoms with E-state index in [-0.39, 0.29) is 29.9 Å². The third kappa shape index (κ3) is 11.7. The summed E-state index contributed by atoms with van der Waals surface area (Å²) >= 11 is 3.33. The summed E-state index contributed by atoms with van der Waals surface area (Å²) in [7, 11) is -3.67. The van der Waals surface area contributed by atoms with E-state index in [0.29, 0.717) is 32.7 Å². The molecule has 0 atom stereocenters. The molecular weight excluding hydrogens is 559 g/mol. The summed E-state index contributed by atoms with van der Waals surface area (Å²) < 4.78 is 65.7. The Morgan fingerprint density at radius 3 is 2.20 bits per heavy atom. The van der Waals surface area contributed by atoms with Crippen LogP contribution < -0.4 is 5.32 Å². The summed E-state index contributed by atoms with van der Waals surface area (Å²) in [5.74, 6) is -2.76. The molecule has 2 rings (SSSR count). The maximum Gasteiger partial charge on any atom is 0.490 e. The van der Waals surface area contributed by atoms with Crippen LogP contribution in [0.15, 0.2) is 33.6 Å². The Hall–Kier alpha value is -1.74. The minimum Gasteiger partial charge on any atom is -0.475 e. The molecule has 1 aromatic carbocycles. The Labute approximate surface area is 211 Å². The van der Waals surface area contributed by atoms with Crippen molar-refractivity contribution in [1.82, 2.24) is 14.5 Å². The van der Waals surface area contributed by atoms with Crippen molar-refractivity contribution >= 4 is 37.8 Å². The van der Waals surface area contributed by atoms with Gasteiger partial charge in [0.2, 0.25) is 15.9 Å². The van der Waals surface area contributed by atoms with Crippen LogP contribution in [0.2, 0.25) is 0 Å². The molecule has 1 heterocycles. The number of sulfonamides is 1. The molecule has 1 aliphatic heterocycles. The molecule has 0 bridgehead atoms. The van der Waals surface area contributed by atoms with Gasteiger partial charge in [0.1, 0.15) is 0 Å². The topological polar surface area (TPSA) is 116 Å². The van der Waals surface area contributed by atoms with E-state index in [9.17, 15) is 26.4 Å². The summed E-state index contributed by atoms with van der Waals surface area (Å²) in [5.41, 5.74) is 0. The smallest absolute Gasteiger partial charge is 0.475 e. The molecule has 1 fully saturated rings. The van der Waals surface area contributed by atoms with E-state index in [1.54, 1.807) is 29.2 Å². The van der Waals surface area contributed by atoms with Gasteiger partial charge in [0.05, 0.1) is 11.0 Å². The van der Waals surface area contributed by atoms with Crippen LogP contribution in [-0.4, -0.2) is 92.8 Å². The summed E-state index contributed by atoms with van der Waals surface area (Å²) in [5, 5.41) is 10.3. The van der Waals surface area contributed by atoms with E-state index in [0.717, 1.165) is 17.6 Å². The van der Waals surface area contributed by atoms with Crippen molar-refractivity contribution in [3.05, 3.63) is 28.7 Å². The van der Waals surface area contributed by atoms with E-state index < -0.39 is 22.2 Å². The highest BCUT2D eigenvalue weighted by molar-refractivity contribution is 9.10. The van der Waals surface area contributed by atoms with E-state index in [1.165, 1.54) is 4.31 Å². The molecule has 1 amide bonds. The van der Waals surface area contributed by atoms with Gasteiger partial charge in [0.25, 0.3) is 0 Å². The number of piperazine rings is 1. The van der Waals surface area contributed by atoms with Gasteiger partial charge in [-0.25, -0.2) is 13.2 Å². The fourth-order valence-electron chi connectivity index (χ4n) is 2.96. The van der Waals surface area contributed by atoms with Crippen molar-refractivity contribution in [2.24, 2.45) is 0 Å². The first-order valence-electron chi connectivity index (χ1n) is 10.9. The quantitative estimate of drug-likeness (QED) is 0.403. The van der Waals surface area contributed by atoms with Gasteiger partial charge >= 0.3 is 12.1 Å². The molecule has 0 spiro atoms. The number of aliphatic carboxylic acids is 1. The maximum absolute atomic E-state index is 13.1. The Bertz CT molecular complexity index is 908. The third-order valence-electron chi connectivity index (χ3n) is 4.74. The second kappa shape index (κ2) is 14.7. The number of halogens is 4. The Morgan fingerprint density at radius 2 is 1.71 bits per heavy atom. The van der Waals surface area contributed by atoms with Gasteiger partial charge in [-0.05, 0) is 44.5 Å². The van der Waals surface area contributed by atoms with Gasteiger partial charge in [-0.15, -0.1) is 0 Å². The average Bonchev–Trinajstić information content (AvgIpc) is 2.78. The van der Waals surface area contributed by atoms with Crippen LogP contribution >= 0.6 is 15.9 Å². The fourth-order valence-corrected chi connectivity index (χ4v) is 4.70. The fraction of sp³-hybridized carbons (Fsp3) is 0.619. The van der Waals surface area contributed by atoms with Crippen LogP contribution in [0.1, 0.15) is 26.7 Å². The number of ether oxygens (including phenoxy) is 1. The molecule has 1 aliphatic rings. The molecular formula is C21H31BrF3N3O6S. The molecule has 1 aromatic rings. The minimum atomic E-state index is -5.08. The first-order chi connectivity index (χ1) is 16.2. The number of amides is 1. The second-order valence-corrected chi connectivity index (χ2v) is 10.7. The predicted molar refractivity (Wildman–Crippen MR) is 126 cm³/mol. The second-order valence-electron chi connectivity index (χ2n) is 7.81. The van der Waals surface area contributed by atoms with Crippen LogP contribution in [0.5, 0.6) is 0 Å². The molecule has 0 unspecified atom stereocenters. The van der Waals surface area contributed by atoms with Crippen molar-refractivity contribution in [2.75, 3.05) is 45.9 Å². The normalized spacial score (nSPS) is 14.6. The third-order valence-corrected chi connectivity index (χ3v) is 7.18. The minimum absolute atomic E-state index is 0.00376. The van der Waals surface area contributed by atoms with Gasteiger partial charge in [-0.1, -0.05) is 15.9 Å². The first-order valence-corrected chi connectivity index (χ1v) is 13.1. The molecule has 2 N–H and O–H groups in total. The number of benzene rings is 1. The van der Waals surface area contributed by atoms with Crippen molar-refractivity contribution in [3.63, 3.8) is 0 Å². The molecule has 0 aliphatic carbocycles. The van der Waals surface area contributed by atoms with Crippen molar-refractivity contribution in [1.29, 1.82) is 0 Å². The number of hydrogen-bond acceptors (Lipinski definition) is 6. The van der Waals surface area contributed by atoms with Gasteiger partial charge in [-0.3, -0.25) is 4.79 Å². The van der Waals surface area contributed by atoms with E-state index in [2.05, 4.69) is 21.2 Å². The van der Waals surface area contributed by atoms with Crippen LogP contribution in [0.3, 0.4) is 0 Å². The van der Waals surface area contributed by atoms with Crippen LogP contribution in [0, 0.1) is 0 Å². The molecule has 0 aromatic heterocycles. The summed E-state index contributed by atoms with van der Waals surface area (Å²) in [4.78, 5) is 23.4. The zero-order valence-corrected chi connectivity index (χ0v) is 22.0. The number of carboxylic acids is 1. The number of hydrogen-bond donors (Lipinski definition) is 2. The average molecular weight is 590 g/mol. The van der Waals surface area contributed by atoms with Crippen LogP contribution in [0.4, 0.5) is 13.2 Å². The molecule has 9 nitrogen and oxygen atoms in total. The predicted octanol–water partition coefficient (Wildman–Crippen LogP) is 2.71. The number of carbonyl (C=O) groups is 2. The standard InChI is InChI=1S/C19H30BrN3O4S.C2HF3O2/c1-16(2)27-15-3-11-23(12-8-19(24)22-13-9-21-10-14-22)28(25,26)18-6-4-17(20)5-7-18;3-2(4,5)1(6)7/h4-7,16,21H,3,8-15H2,1-2H3;(H,6,7). The highest BCUT2D eigenvalue weighted by Crippen LogP contribution is 2.20. The van der Waals surface area contributed by atoms with Gasteiger partial charge in [0.15, 0.2) is 0 Å². The molecule has 200 valence electrons. The van der Waals surface area contributed by atoms with Crippen LogP contribution in [-0.2, 0) is 24.3 Å². The highest BCUT2D eigenvalue weighted by atomic mass is 79.9. The monoisotopic (exact) mass is 589 g/mol. The summed E-state index contributed by atoms with van der Waals surface area (Å²) in [6, 6.07) is 6.57. The lowest BCUT2D eigenvalue weighted by atomic mass is 10.3. The largest absolute Gasteiger partial charge is 0.490 e. The van der Waals surface area contributed by atoms with Crippen molar-refractivity contribution < 1.29 is 41.0 Å². The lowest BCUT2D eigenvalue weighted by Gasteiger charge is -2.29. The van der Waals surface area contributed by atoms with Crippen LogP contribution in [0.25, 0.3) is 0 Å². The number of carbonyl (C=O) groups excluding carboxylic acids is 1. The summed E-state index contributed by atoms with van der Waals surface area (Å²) in [6.07, 6.45) is -4.22. The Balaban J connectivity index is 0.000000762. The zero-order valence-electron chi connectivity index (χ0n) is 19.6. The molecule has 14 heteroatoms.